The number of nitrogen functional groups attached to an aromatic ring is 1. The predicted octanol–water partition coefficient (Wildman–Crippen LogP) is 2.66. The quantitative estimate of drug-likeness (QED) is 0.820. The summed E-state index contributed by atoms with van der Waals surface area (Å²) in [6.45, 7) is 1.13. The molecule has 3 nitrogen and oxygen atoms in total. The normalized spacial score (nSPS) is 15.1. The van der Waals surface area contributed by atoms with Gasteiger partial charge in [-0.15, -0.1) is 0 Å². The molecule has 1 aliphatic carbocycles. The van der Waals surface area contributed by atoms with E-state index in [1.54, 1.807) is 6.20 Å². The fourth-order valence-electron chi connectivity index (χ4n) is 2.32. The molecular weight excluding hydrogens is 210 g/mol. The second kappa shape index (κ2) is 3.91. The zero-order valence-corrected chi connectivity index (χ0v) is 10.1. The number of nitrogens with two attached hydrogens (primary N) is 1. The SMILES string of the molecule is CN(CC1CC1)c1ccc(N)c2ccncc12. The van der Waals surface area contributed by atoms with Crippen LogP contribution in [0.1, 0.15) is 12.8 Å². The average molecular weight is 227 g/mol. The van der Waals surface area contributed by atoms with Crippen LogP contribution in [0.3, 0.4) is 0 Å². The highest BCUT2D eigenvalue weighted by Crippen LogP contribution is 2.34. The first-order valence-electron chi connectivity index (χ1n) is 6.09. The summed E-state index contributed by atoms with van der Waals surface area (Å²) < 4.78 is 0. The van der Waals surface area contributed by atoms with E-state index in [1.165, 1.54) is 18.5 Å². The first-order chi connectivity index (χ1) is 8.25. The van der Waals surface area contributed by atoms with Crippen LogP contribution in [0.4, 0.5) is 11.4 Å². The fraction of sp³-hybridized carbons (Fsp3) is 0.357. The number of anilines is 2. The summed E-state index contributed by atoms with van der Waals surface area (Å²) in [6.07, 6.45) is 6.44. The highest BCUT2D eigenvalue weighted by atomic mass is 15.1. The van der Waals surface area contributed by atoms with E-state index in [0.29, 0.717) is 0 Å². The van der Waals surface area contributed by atoms with Crippen LogP contribution < -0.4 is 10.6 Å². The van der Waals surface area contributed by atoms with Crippen LogP contribution >= 0.6 is 0 Å². The van der Waals surface area contributed by atoms with Crippen LogP contribution in [0.25, 0.3) is 10.8 Å². The number of benzene rings is 1. The maximum absolute atomic E-state index is 5.99. The van der Waals surface area contributed by atoms with Crippen molar-refractivity contribution in [3.63, 3.8) is 0 Å². The Morgan fingerprint density at radius 2 is 2.12 bits per heavy atom. The van der Waals surface area contributed by atoms with Crippen molar-refractivity contribution in [3.05, 3.63) is 30.6 Å². The minimum Gasteiger partial charge on any atom is -0.398 e. The fourth-order valence-corrected chi connectivity index (χ4v) is 2.32. The first kappa shape index (κ1) is 10.4. The Kier molecular flexibility index (Phi) is 2.39. The molecule has 0 atom stereocenters. The van der Waals surface area contributed by atoms with Crippen LogP contribution in [-0.2, 0) is 0 Å². The van der Waals surface area contributed by atoms with Gasteiger partial charge in [0, 0.05) is 48.1 Å². The Bertz CT molecular complexity index is 546. The molecule has 2 N–H and O–H groups in total. The van der Waals surface area contributed by atoms with Gasteiger partial charge in [0.2, 0.25) is 0 Å². The lowest BCUT2D eigenvalue weighted by Crippen LogP contribution is -2.20. The smallest absolute Gasteiger partial charge is 0.0460 e. The van der Waals surface area contributed by atoms with Gasteiger partial charge >= 0.3 is 0 Å². The lowest BCUT2D eigenvalue weighted by Gasteiger charge is -2.21. The van der Waals surface area contributed by atoms with Crippen LogP contribution in [0.2, 0.25) is 0 Å². The molecule has 1 saturated carbocycles. The molecule has 17 heavy (non-hydrogen) atoms. The molecular formula is C14H17N3. The van der Waals surface area contributed by atoms with E-state index in [0.717, 1.165) is 28.9 Å². The molecule has 0 bridgehead atoms. The summed E-state index contributed by atoms with van der Waals surface area (Å²) in [5, 5.41) is 2.25. The van der Waals surface area contributed by atoms with Crippen molar-refractivity contribution in [2.45, 2.75) is 12.8 Å². The van der Waals surface area contributed by atoms with Gasteiger partial charge in [-0.25, -0.2) is 0 Å². The Morgan fingerprint density at radius 3 is 2.88 bits per heavy atom. The van der Waals surface area contributed by atoms with Gasteiger partial charge in [-0.2, -0.15) is 0 Å². The number of hydrogen-bond donors (Lipinski definition) is 1. The number of rotatable bonds is 3. The van der Waals surface area contributed by atoms with Gasteiger partial charge < -0.3 is 10.6 Å². The van der Waals surface area contributed by atoms with Crippen molar-refractivity contribution >= 4 is 22.1 Å². The van der Waals surface area contributed by atoms with Crippen LogP contribution in [0, 0.1) is 5.92 Å². The molecule has 1 fully saturated rings. The highest BCUT2D eigenvalue weighted by Gasteiger charge is 2.23. The lowest BCUT2D eigenvalue weighted by molar-refractivity contribution is 0.789. The maximum atomic E-state index is 5.99. The Morgan fingerprint density at radius 1 is 1.29 bits per heavy atom. The topological polar surface area (TPSA) is 42.1 Å². The standard InChI is InChI=1S/C14H17N3/c1-17(9-10-2-3-10)14-5-4-13(15)11-6-7-16-8-12(11)14/h4-8,10H,2-3,9,15H2,1H3. The summed E-state index contributed by atoms with van der Waals surface area (Å²) in [6, 6.07) is 6.07. The van der Waals surface area contributed by atoms with Crippen molar-refractivity contribution in [3.8, 4) is 0 Å². The van der Waals surface area contributed by atoms with Gasteiger partial charge in [0.05, 0.1) is 0 Å². The number of aromatic nitrogens is 1. The summed E-state index contributed by atoms with van der Waals surface area (Å²) in [4.78, 5) is 6.53. The summed E-state index contributed by atoms with van der Waals surface area (Å²) in [7, 11) is 2.15. The van der Waals surface area contributed by atoms with Crippen molar-refractivity contribution in [2.75, 3.05) is 24.2 Å². The summed E-state index contributed by atoms with van der Waals surface area (Å²) in [5.41, 5.74) is 8.05. The third-order valence-corrected chi connectivity index (χ3v) is 3.47. The molecule has 0 amide bonds. The minimum atomic E-state index is 0.825. The number of hydrogen-bond acceptors (Lipinski definition) is 3. The third-order valence-electron chi connectivity index (χ3n) is 3.47. The van der Waals surface area contributed by atoms with Crippen LogP contribution in [-0.4, -0.2) is 18.6 Å². The molecule has 0 radical (unpaired) electrons. The molecule has 1 heterocycles. The second-order valence-corrected chi connectivity index (χ2v) is 4.92. The van der Waals surface area contributed by atoms with Crippen molar-refractivity contribution in [2.24, 2.45) is 5.92 Å². The molecule has 3 heteroatoms. The van der Waals surface area contributed by atoms with Crippen molar-refractivity contribution in [1.82, 2.24) is 4.98 Å². The van der Waals surface area contributed by atoms with Gasteiger partial charge in [-0.3, -0.25) is 4.98 Å². The van der Waals surface area contributed by atoms with E-state index in [-0.39, 0.29) is 0 Å². The van der Waals surface area contributed by atoms with E-state index in [9.17, 15) is 0 Å². The zero-order valence-electron chi connectivity index (χ0n) is 10.1. The zero-order chi connectivity index (χ0) is 11.8. The predicted molar refractivity (Wildman–Crippen MR) is 72.1 cm³/mol. The average Bonchev–Trinajstić information content (AvgIpc) is 3.14. The molecule has 0 saturated heterocycles. The van der Waals surface area contributed by atoms with Gasteiger partial charge in [0.15, 0.2) is 0 Å². The van der Waals surface area contributed by atoms with Crippen molar-refractivity contribution < 1.29 is 0 Å². The molecule has 1 aromatic heterocycles. The van der Waals surface area contributed by atoms with E-state index in [4.69, 9.17) is 5.73 Å². The van der Waals surface area contributed by atoms with Gasteiger partial charge in [-0.1, -0.05) is 0 Å². The number of pyridine rings is 1. The molecule has 1 aliphatic rings. The highest BCUT2D eigenvalue weighted by molar-refractivity contribution is 6.00. The van der Waals surface area contributed by atoms with E-state index in [1.807, 2.05) is 18.3 Å². The molecule has 0 spiro atoms. The maximum Gasteiger partial charge on any atom is 0.0460 e. The minimum absolute atomic E-state index is 0.825. The van der Waals surface area contributed by atoms with Gasteiger partial charge in [0.25, 0.3) is 0 Å². The molecule has 2 aromatic rings. The van der Waals surface area contributed by atoms with Gasteiger partial charge in [-0.05, 0) is 37.0 Å². The third kappa shape index (κ3) is 1.93. The summed E-state index contributed by atoms with van der Waals surface area (Å²) >= 11 is 0. The Balaban J connectivity index is 2.05. The number of nitrogens with zero attached hydrogens (tertiary/aromatic N) is 2. The second-order valence-electron chi connectivity index (χ2n) is 4.92. The molecule has 3 rings (SSSR count). The largest absolute Gasteiger partial charge is 0.398 e. The molecule has 88 valence electrons. The monoisotopic (exact) mass is 227 g/mol. The molecule has 0 aliphatic heterocycles. The Hall–Kier alpha value is -1.77. The van der Waals surface area contributed by atoms with E-state index >= 15 is 0 Å². The van der Waals surface area contributed by atoms with E-state index < -0.39 is 0 Å². The van der Waals surface area contributed by atoms with Gasteiger partial charge in [0.1, 0.15) is 0 Å². The van der Waals surface area contributed by atoms with Crippen LogP contribution in [0.15, 0.2) is 30.6 Å². The lowest BCUT2D eigenvalue weighted by atomic mass is 10.1. The molecule has 1 aromatic carbocycles. The summed E-state index contributed by atoms with van der Waals surface area (Å²) in [5.74, 6) is 0.879. The first-order valence-corrected chi connectivity index (χ1v) is 6.09. The van der Waals surface area contributed by atoms with Crippen molar-refractivity contribution in [1.29, 1.82) is 0 Å². The Labute approximate surface area is 101 Å². The van der Waals surface area contributed by atoms with Crippen LogP contribution in [0.5, 0.6) is 0 Å². The van der Waals surface area contributed by atoms with E-state index in [2.05, 4.69) is 23.0 Å². The molecule has 0 unspecified atom stereocenters. The number of fused-ring (bicyclic) bond motifs is 1.